The molecule has 0 aliphatic carbocycles. The van der Waals surface area contributed by atoms with Gasteiger partial charge in [-0.05, 0) is 37.6 Å². The molecule has 0 bridgehead atoms. The van der Waals surface area contributed by atoms with Gasteiger partial charge < -0.3 is 19.1 Å². The summed E-state index contributed by atoms with van der Waals surface area (Å²) >= 11 is 0. The van der Waals surface area contributed by atoms with Crippen molar-refractivity contribution in [3.05, 3.63) is 47.7 Å². The number of methoxy groups -OCH3 is 1. The minimum atomic E-state index is 0.246. The van der Waals surface area contributed by atoms with Gasteiger partial charge in [-0.1, -0.05) is 12.1 Å². The number of nitrogens with zero attached hydrogens (tertiary/aromatic N) is 2. The van der Waals surface area contributed by atoms with Crippen molar-refractivity contribution in [1.82, 2.24) is 4.98 Å². The standard InChI is InChI=1S/C19H24N2O3/c1-14-10-17(21-8-9-23-15(2)12-21)11-19(20-14)24-13-16-4-6-18(22-3)7-5-16/h4-7,10-11,15H,8-9,12-13H2,1-3H3/t15-/m1/s1. The molecule has 0 radical (unpaired) electrons. The van der Waals surface area contributed by atoms with Crippen LogP contribution in [0.3, 0.4) is 0 Å². The molecule has 1 fully saturated rings. The Morgan fingerprint density at radius 2 is 2.04 bits per heavy atom. The highest BCUT2D eigenvalue weighted by Crippen LogP contribution is 2.24. The van der Waals surface area contributed by atoms with Crippen molar-refractivity contribution in [3.8, 4) is 11.6 Å². The van der Waals surface area contributed by atoms with Crippen molar-refractivity contribution < 1.29 is 14.2 Å². The zero-order valence-corrected chi connectivity index (χ0v) is 14.5. The zero-order chi connectivity index (χ0) is 16.9. The molecule has 1 atom stereocenters. The quantitative estimate of drug-likeness (QED) is 0.843. The van der Waals surface area contributed by atoms with Crippen LogP contribution in [0.1, 0.15) is 18.2 Å². The molecule has 128 valence electrons. The van der Waals surface area contributed by atoms with Gasteiger partial charge in [-0.3, -0.25) is 0 Å². The van der Waals surface area contributed by atoms with Gasteiger partial charge in [0.05, 0.1) is 19.8 Å². The molecule has 24 heavy (non-hydrogen) atoms. The molecule has 0 amide bonds. The van der Waals surface area contributed by atoms with Crippen LogP contribution in [-0.2, 0) is 11.3 Å². The second-order valence-corrected chi connectivity index (χ2v) is 6.07. The summed E-state index contributed by atoms with van der Waals surface area (Å²) in [7, 11) is 1.66. The van der Waals surface area contributed by atoms with E-state index in [0.29, 0.717) is 12.5 Å². The number of pyridine rings is 1. The lowest BCUT2D eigenvalue weighted by Gasteiger charge is -2.33. The van der Waals surface area contributed by atoms with Gasteiger partial charge in [0.2, 0.25) is 5.88 Å². The number of benzene rings is 1. The predicted molar refractivity (Wildman–Crippen MR) is 93.9 cm³/mol. The van der Waals surface area contributed by atoms with Crippen LogP contribution in [0, 0.1) is 6.92 Å². The van der Waals surface area contributed by atoms with Crippen LogP contribution in [0.25, 0.3) is 0 Å². The fourth-order valence-electron chi connectivity index (χ4n) is 2.81. The maximum absolute atomic E-state index is 5.89. The second kappa shape index (κ2) is 7.53. The monoisotopic (exact) mass is 328 g/mol. The molecule has 2 aromatic rings. The first-order valence-electron chi connectivity index (χ1n) is 8.25. The van der Waals surface area contributed by atoms with Gasteiger partial charge in [-0.15, -0.1) is 0 Å². The third kappa shape index (κ3) is 4.17. The maximum atomic E-state index is 5.89. The number of aromatic nitrogens is 1. The van der Waals surface area contributed by atoms with Crippen LogP contribution in [-0.4, -0.2) is 37.9 Å². The Morgan fingerprint density at radius 3 is 2.75 bits per heavy atom. The summed E-state index contributed by atoms with van der Waals surface area (Å²) < 4.78 is 16.7. The second-order valence-electron chi connectivity index (χ2n) is 6.07. The first-order valence-corrected chi connectivity index (χ1v) is 8.25. The smallest absolute Gasteiger partial charge is 0.215 e. The van der Waals surface area contributed by atoms with E-state index in [0.717, 1.165) is 42.4 Å². The number of rotatable bonds is 5. The molecule has 1 saturated heterocycles. The van der Waals surface area contributed by atoms with Gasteiger partial charge in [-0.25, -0.2) is 4.98 Å². The molecule has 1 aromatic carbocycles. The molecule has 1 aliphatic rings. The molecule has 1 aliphatic heterocycles. The van der Waals surface area contributed by atoms with Gasteiger partial charge in [0.25, 0.3) is 0 Å². The summed E-state index contributed by atoms with van der Waals surface area (Å²) in [5.74, 6) is 1.50. The largest absolute Gasteiger partial charge is 0.497 e. The van der Waals surface area contributed by atoms with E-state index in [1.807, 2.05) is 37.3 Å². The molecule has 2 heterocycles. The number of hydrogen-bond acceptors (Lipinski definition) is 5. The lowest BCUT2D eigenvalue weighted by atomic mass is 10.2. The van der Waals surface area contributed by atoms with E-state index in [2.05, 4.69) is 22.9 Å². The van der Waals surface area contributed by atoms with Crippen molar-refractivity contribution in [3.63, 3.8) is 0 Å². The van der Waals surface area contributed by atoms with Crippen molar-refractivity contribution in [2.75, 3.05) is 31.7 Å². The SMILES string of the molecule is COc1ccc(COc2cc(N3CCO[C@H](C)C3)cc(C)n2)cc1. The van der Waals surface area contributed by atoms with Gasteiger partial charge >= 0.3 is 0 Å². The Hall–Kier alpha value is -2.27. The van der Waals surface area contributed by atoms with E-state index < -0.39 is 0 Å². The molecular formula is C19H24N2O3. The average molecular weight is 328 g/mol. The molecule has 0 unspecified atom stereocenters. The van der Waals surface area contributed by atoms with E-state index >= 15 is 0 Å². The van der Waals surface area contributed by atoms with Gasteiger partial charge in [0.15, 0.2) is 0 Å². The molecule has 1 aromatic heterocycles. The Morgan fingerprint density at radius 1 is 1.25 bits per heavy atom. The van der Waals surface area contributed by atoms with Gasteiger partial charge in [-0.2, -0.15) is 0 Å². The highest BCUT2D eigenvalue weighted by molar-refractivity contribution is 5.50. The lowest BCUT2D eigenvalue weighted by Crippen LogP contribution is -2.41. The zero-order valence-electron chi connectivity index (χ0n) is 14.5. The van der Waals surface area contributed by atoms with E-state index in [1.54, 1.807) is 7.11 Å². The summed E-state index contributed by atoms with van der Waals surface area (Å²) in [6.45, 7) is 7.12. The number of aryl methyl sites for hydroxylation is 1. The summed E-state index contributed by atoms with van der Waals surface area (Å²) in [5, 5.41) is 0. The highest BCUT2D eigenvalue weighted by atomic mass is 16.5. The molecule has 3 rings (SSSR count). The fraction of sp³-hybridized carbons (Fsp3) is 0.421. The highest BCUT2D eigenvalue weighted by Gasteiger charge is 2.18. The van der Waals surface area contributed by atoms with Crippen molar-refractivity contribution >= 4 is 5.69 Å². The van der Waals surface area contributed by atoms with E-state index in [9.17, 15) is 0 Å². The Labute approximate surface area is 143 Å². The number of morpholine rings is 1. The predicted octanol–water partition coefficient (Wildman–Crippen LogP) is 3.20. The van der Waals surface area contributed by atoms with Crippen LogP contribution in [0.15, 0.2) is 36.4 Å². The maximum Gasteiger partial charge on any atom is 0.215 e. The third-order valence-corrected chi connectivity index (χ3v) is 4.07. The molecule has 5 heteroatoms. The summed E-state index contributed by atoms with van der Waals surface area (Å²) in [6.07, 6.45) is 0.246. The van der Waals surface area contributed by atoms with Crippen LogP contribution in [0.2, 0.25) is 0 Å². The van der Waals surface area contributed by atoms with Crippen LogP contribution < -0.4 is 14.4 Å². The normalized spacial score (nSPS) is 17.6. The van der Waals surface area contributed by atoms with Crippen molar-refractivity contribution in [2.24, 2.45) is 0 Å². The van der Waals surface area contributed by atoms with E-state index in [-0.39, 0.29) is 6.10 Å². The Bertz CT molecular complexity index is 673. The molecule has 0 N–H and O–H groups in total. The van der Waals surface area contributed by atoms with Gasteiger partial charge in [0.1, 0.15) is 12.4 Å². The van der Waals surface area contributed by atoms with Crippen LogP contribution >= 0.6 is 0 Å². The summed E-state index contributed by atoms with van der Waals surface area (Å²) in [6, 6.07) is 12.0. The minimum Gasteiger partial charge on any atom is -0.497 e. The number of ether oxygens (including phenoxy) is 3. The number of anilines is 1. The van der Waals surface area contributed by atoms with Crippen molar-refractivity contribution in [2.45, 2.75) is 26.6 Å². The fourth-order valence-corrected chi connectivity index (χ4v) is 2.81. The number of hydrogen-bond donors (Lipinski definition) is 0. The average Bonchev–Trinajstić information content (AvgIpc) is 2.60. The minimum absolute atomic E-state index is 0.246. The van der Waals surface area contributed by atoms with Gasteiger partial charge in [0, 0.05) is 30.5 Å². The molecular weight excluding hydrogens is 304 g/mol. The summed E-state index contributed by atoms with van der Waals surface area (Å²) in [5.41, 5.74) is 3.18. The van der Waals surface area contributed by atoms with Crippen LogP contribution in [0.4, 0.5) is 5.69 Å². The Balaban J connectivity index is 1.68. The summed E-state index contributed by atoms with van der Waals surface area (Å²) in [4.78, 5) is 6.81. The molecule has 0 spiro atoms. The molecule has 5 nitrogen and oxygen atoms in total. The third-order valence-electron chi connectivity index (χ3n) is 4.07. The molecule has 0 saturated carbocycles. The van der Waals surface area contributed by atoms with Crippen molar-refractivity contribution in [1.29, 1.82) is 0 Å². The first kappa shape index (κ1) is 16.6. The first-order chi connectivity index (χ1) is 11.6. The Kier molecular flexibility index (Phi) is 5.20. The van der Waals surface area contributed by atoms with E-state index in [4.69, 9.17) is 14.2 Å². The van der Waals surface area contributed by atoms with E-state index in [1.165, 1.54) is 0 Å². The van der Waals surface area contributed by atoms with Crippen LogP contribution in [0.5, 0.6) is 11.6 Å². The topological polar surface area (TPSA) is 43.8 Å². The lowest BCUT2D eigenvalue weighted by molar-refractivity contribution is 0.0532.